The number of imide groups is 1. The van der Waals surface area contributed by atoms with Gasteiger partial charge in [-0.25, -0.2) is 14.5 Å². The molecule has 10 heteroatoms. The summed E-state index contributed by atoms with van der Waals surface area (Å²) in [6.07, 6.45) is 1.49. The van der Waals surface area contributed by atoms with E-state index in [1.54, 1.807) is 49.4 Å². The van der Waals surface area contributed by atoms with Crippen molar-refractivity contribution in [1.82, 2.24) is 5.32 Å². The molecule has 1 heterocycles. The molecule has 1 aliphatic rings. The molecule has 0 aromatic heterocycles. The summed E-state index contributed by atoms with van der Waals surface area (Å²) in [5.74, 6) is -0.907. The SMILES string of the molecule is CCOc1cc(/C=C2\NC(=O)N(c3cccc(Cl)c3)C2=O)cc(Cl)c1OCc1ccc(C(=O)O)cc1. The Morgan fingerprint density at radius 2 is 1.81 bits per heavy atom. The highest BCUT2D eigenvalue weighted by atomic mass is 35.5. The van der Waals surface area contributed by atoms with Gasteiger partial charge in [0.1, 0.15) is 12.3 Å². The van der Waals surface area contributed by atoms with Gasteiger partial charge in [0.2, 0.25) is 0 Å². The molecule has 36 heavy (non-hydrogen) atoms. The number of urea groups is 1. The molecule has 4 rings (SSSR count). The lowest BCUT2D eigenvalue weighted by molar-refractivity contribution is -0.113. The smallest absolute Gasteiger partial charge is 0.335 e. The number of carbonyl (C=O) groups is 3. The molecule has 0 aliphatic carbocycles. The normalized spacial score (nSPS) is 14.2. The van der Waals surface area contributed by atoms with Gasteiger partial charge < -0.3 is 19.9 Å². The van der Waals surface area contributed by atoms with Crippen molar-refractivity contribution in [2.75, 3.05) is 11.5 Å². The first kappa shape index (κ1) is 25.1. The molecule has 184 valence electrons. The van der Waals surface area contributed by atoms with E-state index in [-0.39, 0.29) is 22.9 Å². The number of carboxylic acids is 1. The van der Waals surface area contributed by atoms with Gasteiger partial charge in [0.25, 0.3) is 5.91 Å². The van der Waals surface area contributed by atoms with Crippen molar-refractivity contribution in [3.8, 4) is 11.5 Å². The van der Waals surface area contributed by atoms with Crippen LogP contribution in [0.5, 0.6) is 11.5 Å². The van der Waals surface area contributed by atoms with Crippen molar-refractivity contribution in [3.63, 3.8) is 0 Å². The maximum atomic E-state index is 12.9. The third kappa shape index (κ3) is 5.45. The first-order valence-electron chi connectivity index (χ1n) is 10.8. The highest BCUT2D eigenvalue weighted by molar-refractivity contribution is 6.33. The van der Waals surface area contributed by atoms with Crippen LogP contribution in [0.2, 0.25) is 10.0 Å². The van der Waals surface area contributed by atoms with Crippen molar-refractivity contribution in [2.45, 2.75) is 13.5 Å². The van der Waals surface area contributed by atoms with E-state index in [9.17, 15) is 14.4 Å². The molecular formula is C26H20Cl2N2O6. The van der Waals surface area contributed by atoms with E-state index >= 15 is 0 Å². The first-order valence-corrected chi connectivity index (χ1v) is 11.6. The molecule has 3 aromatic rings. The molecule has 0 radical (unpaired) electrons. The van der Waals surface area contributed by atoms with Gasteiger partial charge in [-0.2, -0.15) is 0 Å². The minimum absolute atomic E-state index is 0.0608. The number of rotatable bonds is 8. The predicted molar refractivity (Wildman–Crippen MR) is 136 cm³/mol. The number of anilines is 1. The van der Waals surface area contributed by atoms with Crippen LogP contribution in [0.25, 0.3) is 6.08 Å². The molecule has 1 aliphatic heterocycles. The van der Waals surface area contributed by atoms with Crippen LogP contribution in [-0.4, -0.2) is 29.6 Å². The van der Waals surface area contributed by atoms with Crippen LogP contribution in [0.3, 0.4) is 0 Å². The van der Waals surface area contributed by atoms with Gasteiger partial charge in [-0.15, -0.1) is 0 Å². The molecular weight excluding hydrogens is 507 g/mol. The Morgan fingerprint density at radius 1 is 1.06 bits per heavy atom. The number of aromatic carboxylic acids is 1. The van der Waals surface area contributed by atoms with E-state index in [1.807, 2.05) is 0 Å². The number of ether oxygens (including phenoxy) is 2. The number of carbonyl (C=O) groups excluding carboxylic acids is 2. The Hall–Kier alpha value is -4.01. The van der Waals surface area contributed by atoms with Crippen LogP contribution < -0.4 is 19.7 Å². The van der Waals surface area contributed by atoms with E-state index < -0.39 is 17.9 Å². The van der Waals surface area contributed by atoms with Crippen molar-refractivity contribution in [1.29, 1.82) is 0 Å². The second kappa shape index (κ2) is 10.7. The third-order valence-corrected chi connectivity index (χ3v) is 5.69. The fourth-order valence-corrected chi connectivity index (χ4v) is 3.98. The summed E-state index contributed by atoms with van der Waals surface area (Å²) in [6.45, 7) is 2.26. The van der Waals surface area contributed by atoms with Gasteiger partial charge in [-0.3, -0.25) is 4.79 Å². The molecule has 3 amide bonds. The van der Waals surface area contributed by atoms with E-state index in [2.05, 4.69) is 5.32 Å². The second-order valence-corrected chi connectivity index (χ2v) is 8.51. The summed E-state index contributed by atoms with van der Waals surface area (Å²) < 4.78 is 11.6. The van der Waals surface area contributed by atoms with Gasteiger partial charge >= 0.3 is 12.0 Å². The fraction of sp³-hybridized carbons (Fsp3) is 0.115. The molecule has 0 bridgehead atoms. The van der Waals surface area contributed by atoms with Crippen LogP contribution in [0, 0.1) is 0 Å². The van der Waals surface area contributed by atoms with Crippen LogP contribution in [0.15, 0.2) is 66.4 Å². The highest BCUT2D eigenvalue weighted by Gasteiger charge is 2.35. The van der Waals surface area contributed by atoms with E-state index in [0.29, 0.717) is 34.4 Å². The van der Waals surface area contributed by atoms with Gasteiger partial charge in [-0.1, -0.05) is 41.4 Å². The quantitative estimate of drug-likeness (QED) is 0.285. The summed E-state index contributed by atoms with van der Waals surface area (Å²) in [5, 5.41) is 12.2. The number of hydrogen-bond donors (Lipinski definition) is 2. The summed E-state index contributed by atoms with van der Waals surface area (Å²) in [4.78, 5) is 37.4. The van der Waals surface area contributed by atoms with Crippen LogP contribution in [-0.2, 0) is 11.4 Å². The van der Waals surface area contributed by atoms with Gasteiger partial charge in [0.15, 0.2) is 11.5 Å². The van der Waals surface area contributed by atoms with Gasteiger partial charge in [0.05, 0.1) is 22.9 Å². The maximum absolute atomic E-state index is 12.9. The van der Waals surface area contributed by atoms with E-state index in [0.717, 1.165) is 10.5 Å². The molecule has 2 N–H and O–H groups in total. The predicted octanol–water partition coefficient (Wildman–Crippen LogP) is 5.77. The van der Waals surface area contributed by atoms with Gasteiger partial charge in [-0.05, 0) is 66.6 Å². The largest absolute Gasteiger partial charge is 0.490 e. The Morgan fingerprint density at radius 3 is 2.47 bits per heavy atom. The summed E-state index contributed by atoms with van der Waals surface area (Å²) in [5.41, 5.74) is 1.84. The number of hydrogen-bond acceptors (Lipinski definition) is 5. The number of nitrogens with one attached hydrogen (secondary N) is 1. The van der Waals surface area contributed by atoms with Crippen LogP contribution >= 0.6 is 23.2 Å². The Labute approximate surface area is 216 Å². The Balaban J connectivity index is 1.57. The zero-order valence-corrected chi connectivity index (χ0v) is 20.5. The highest BCUT2D eigenvalue weighted by Crippen LogP contribution is 2.38. The number of benzene rings is 3. The van der Waals surface area contributed by atoms with E-state index in [4.69, 9.17) is 37.8 Å². The lowest BCUT2D eigenvalue weighted by atomic mass is 10.1. The maximum Gasteiger partial charge on any atom is 0.335 e. The van der Waals surface area contributed by atoms with Crippen molar-refractivity contribution < 1.29 is 29.0 Å². The zero-order chi connectivity index (χ0) is 25.8. The average Bonchev–Trinajstić information content (AvgIpc) is 3.11. The summed E-state index contributed by atoms with van der Waals surface area (Å²) in [7, 11) is 0. The second-order valence-electron chi connectivity index (χ2n) is 7.66. The van der Waals surface area contributed by atoms with Crippen LogP contribution in [0.1, 0.15) is 28.4 Å². The third-order valence-electron chi connectivity index (χ3n) is 5.17. The number of halogens is 2. The van der Waals surface area contributed by atoms with Crippen molar-refractivity contribution in [3.05, 3.63) is 93.1 Å². The number of amides is 3. The molecule has 8 nitrogen and oxygen atoms in total. The standard InChI is InChI=1S/C26H20Cl2N2O6/c1-2-35-22-12-16(10-20(28)23(22)36-14-15-6-8-17(9-7-15)25(32)33)11-21-24(31)30(26(34)29-21)19-5-3-4-18(27)13-19/h3-13H,2,14H2,1H3,(H,29,34)(H,32,33)/b21-11-. The van der Waals surface area contributed by atoms with Gasteiger partial charge in [0, 0.05) is 5.02 Å². The lowest BCUT2D eigenvalue weighted by Gasteiger charge is -2.15. The summed E-state index contributed by atoms with van der Waals surface area (Å²) in [6, 6.07) is 15.3. The Kier molecular flexibility index (Phi) is 7.47. The number of nitrogens with zero attached hydrogens (tertiary/aromatic N) is 1. The molecule has 1 fully saturated rings. The molecule has 0 atom stereocenters. The molecule has 0 saturated carbocycles. The molecule has 1 saturated heterocycles. The monoisotopic (exact) mass is 526 g/mol. The van der Waals surface area contributed by atoms with Crippen molar-refractivity contribution >= 4 is 52.9 Å². The average molecular weight is 527 g/mol. The fourth-order valence-electron chi connectivity index (χ4n) is 3.52. The number of carboxylic acid groups (broad SMARTS) is 1. The molecule has 3 aromatic carbocycles. The molecule has 0 unspecified atom stereocenters. The van der Waals surface area contributed by atoms with Crippen molar-refractivity contribution in [2.24, 2.45) is 0 Å². The topological polar surface area (TPSA) is 105 Å². The van der Waals surface area contributed by atoms with Crippen LogP contribution in [0.4, 0.5) is 10.5 Å². The molecule has 0 spiro atoms. The van der Waals surface area contributed by atoms with E-state index in [1.165, 1.54) is 24.3 Å². The zero-order valence-electron chi connectivity index (χ0n) is 19.0. The first-order chi connectivity index (χ1) is 17.3. The lowest BCUT2D eigenvalue weighted by Crippen LogP contribution is -2.30. The summed E-state index contributed by atoms with van der Waals surface area (Å²) >= 11 is 12.5. The minimum atomic E-state index is -1.01. The minimum Gasteiger partial charge on any atom is -0.490 e. The Bertz CT molecular complexity index is 1370.